The zero-order valence-electron chi connectivity index (χ0n) is 11.3. The van der Waals surface area contributed by atoms with Gasteiger partial charge in [0.15, 0.2) is 0 Å². The first-order valence-electron chi connectivity index (χ1n) is 6.34. The molecule has 1 rings (SSSR count). The molecule has 0 heterocycles. The minimum atomic E-state index is -0.341. The number of carbonyl (C=O) groups excluding carboxylic acids is 1. The summed E-state index contributed by atoms with van der Waals surface area (Å²) in [5.74, 6) is -0.341. The van der Waals surface area contributed by atoms with E-state index in [-0.39, 0.29) is 12.1 Å². The molecule has 4 nitrogen and oxygen atoms in total. The summed E-state index contributed by atoms with van der Waals surface area (Å²) < 4.78 is 5.54. The Hall–Kier alpha value is -0.910. The molecule has 1 aromatic rings. The second-order valence-electron chi connectivity index (χ2n) is 4.33. The third-order valence-electron chi connectivity index (χ3n) is 2.92. The van der Waals surface area contributed by atoms with Crippen LogP contribution in [0.15, 0.2) is 22.7 Å². The molecule has 5 heteroatoms. The van der Waals surface area contributed by atoms with Gasteiger partial charge in [-0.2, -0.15) is 0 Å². The van der Waals surface area contributed by atoms with Crippen molar-refractivity contribution in [3.05, 3.63) is 33.8 Å². The predicted octanol–water partition coefficient (Wildman–Crippen LogP) is 2.49. The van der Waals surface area contributed by atoms with Crippen LogP contribution in [0, 0.1) is 0 Å². The van der Waals surface area contributed by atoms with Gasteiger partial charge in [-0.25, -0.2) is 4.79 Å². The number of carbonyl (C=O) groups is 1. The van der Waals surface area contributed by atoms with Crippen molar-refractivity contribution in [1.82, 2.24) is 5.32 Å². The highest BCUT2D eigenvalue weighted by atomic mass is 79.9. The van der Waals surface area contributed by atoms with Gasteiger partial charge in [0.05, 0.1) is 18.8 Å². The molecule has 0 saturated carbocycles. The van der Waals surface area contributed by atoms with E-state index in [1.54, 1.807) is 12.1 Å². The van der Waals surface area contributed by atoms with Crippen LogP contribution in [0.25, 0.3) is 0 Å². The molecule has 0 aliphatic carbocycles. The van der Waals surface area contributed by atoms with E-state index < -0.39 is 0 Å². The van der Waals surface area contributed by atoms with Gasteiger partial charge in [-0.1, -0.05) is 28.9 Å². The van der Waals surface area contributed by atoms with E-state index in [2.05, 4.69) is 26.0 Å². The van der Waals surface area contributed by atoms with Gasteiger partial charge in [-0.15, -0.1) is 0 Å². The summed E-state index contributed by atoms with van der Waals surface area (Å²) in [6.45, 7) is 3.42. The first-order chi connectivity index (χ1) is 9.08. The van der Waals surface area contributed by atoms with Crippen LogP contribution >= 0.6 is 15.9 Å². The zero-order valence-corrected chi connectivity index (χ0v) is 12.9. The summed E-state index contributed by atoms with van der Waals surface area (Å²) in [7, 11) is 1.37. The maximum absolute atomic E-state index is 11.4. The molecule has 0 bridgehead atoms. The third-order valence-corrected chi connectivity index (χ3v) is 3.65. The van der Waals surface area contributed by atoms with Crippen LogP contribution in [0.1, 0.15) is 35.7 Å². The number of ether oxygens (including phenoxy) is 1. The van der Waals surface area contributed by atoms with Crippen LogP contribution in [0.5, 0.6) is 0 Å². The lowest BCUT2D eigenvalue weighted by atomic mass is 10.1. The predicted molar refractivity (Wildman–Crippen MR) is 78.1 cm³/mol. The average molecular weight is 330 g/mol. The van der Waals surface area contributed by atoms with Crippen molar-refractivity contribution in [3.8, 4) is 0 Å². The van der Waals surface area contributed by atoms with E-state index in [1.807, 2.05) is 13.0 Å². The minimum Gasteiger partial charge on any atom is -0.465 e. The Bertz CT molecular complexity index is 423. The fourth-order valence-electron chi connectivity index (χ4n) is 1.63. The number of aliphatic hydroxyl groups excluding tert-OH is 1. The normalized spacial score (nSPS) is 12.2. The van der Waals surface area contributed by atoms with Gasteiger partial charge >= 0.3 is 5.97 Å². The van der Waals surface area contributed by atoms with Gasteiger partial charge in [-0.3, -0.25) is 0 Å². The molecule has 2 N–H and O–H groups in total. The smallest absolute Gasteiger partial charge is 0.337 e. The minimum absolute atomic E-state index is 0.238. The highest BCUT2D eigenvalue weighted by Crippen LogP contribution is 2.19. The summed E-state index contributed by atoms with van der Waals surface area (Å²) in [5.41, 5.74) is 1.60. The van der Waals surface area contributed by atoms with Gasteiger partial charge < -0.3 is 15.2 Å². The quantitative estimate of drug-likeness (QED) is 0.596. The fraction of sp³-hybridized carbons (Fsp3) is 0.500. The van der Waals surface area contributed by atoms with Gasteiger partial charge in [0.1, 0.15) is 0 Å². The molecular weight excluding hydrogens is 310 g/mol. The number of esters is 1. The first kappa shape index (κ1) is 16.1. The second-order valence-corrected chi connectivity index (χ2v) is 5.18. The fourth-order valence-corrected chi connectivity index (χ4v) is 2.15. The van der Waals surface area contributed by atoms with Crippen LogP contribution in [-0.2, 0) is 11.3 Å². The van der Waals surface area contributed by atoms with Crippen molar-refractivity contribution < 1.29 is 14.6 Å². The Balaban J connectivity index is 2.49. The summed E-state index contributed by atoms with van der Waals surface area (Å²) >= 11 is 3.44. The summed E-state index contributed by atoms with van der Waals surface area (Å²) in [5, 5.41) is 12.7. The lowest BCUT2D eigenvalue weighted by Crippen LogP contribution is -2.20. The number of rotatable bonds is 7. The number of halogens is 1. The molecule has 1 unspecified atom stereocenters. The van der Waals surface area contributed by atoms with Crippen molar-refractivity contribution in [2.24, 2.45) is 0 Å². The van der Waals surface area contributed by atoms with Gasteiger partial charge in [-0.05, 0) is 37.1 Å². The molecule has 0 amide bonds. The molecule has 0 aliphatic rings. The number of hydrogen-bond donors (Lipinski definition) is 2. The highest BCUT2D eigenvalue weighted by molar-refractivity contribution is 9.10. The van der Waals surface area contributed by atoms with Gasteiger partial charge in [0.2, 0.25) is 0 Å². The van der Waals surface area contributed by atoms with Crippen molar-refractivity contribution in [2.45, 2.75) is 32.4 Å². The van der Waals surface area contributed by atoms with Crippen molar-refractivity contribution >= 4 is 21.9 Å². The standard InChI is InChI=1S/C14H20BrNO3/c1-3-12(17)6-7-16-9-11-5-4-10(8-13(11)15)14(18)19-2/h4-5,8,12,16-17H,3,6-7,9H2,1-2H3. The molecule has 106 valence electrons. The molecule has 1 aromatic carbocycles. The van der Waals surface area contributed by atoms with Crippen molar-refractivity contribution in [2.75, 3.05) is 13.7 Å². The van der Waals surface area contributed by atoms with Gasteiger partial charge in [0.25, 0.3) is 0 Å². The van der Waals surface area contributed by atoms with Crippen LogP contribution in [-0.4, -0.2) is 30.8 Å². The topological polar surface area (TPSA) is 58.6 Å². The summed E-state index contributed by atoms with van der Waals surface area (Å²) in [4.78, 5) is 11.4. The SMILES string of the molecule is CCC(O)CCNCc1ccc(C(=O)OC)cc1Br. The Labute approximate surface area is 122 Å². The Morgan fingerprint density at radius 1 is 1.53 bits per heavy atom. The summed E-state index contributed by atoms with van der Waals surface area (Å²) in [6, 6.07) is 5.39. The lowest BCUT2D eigenvalue weighted by Gasteiger charge is -2.10. The molecule has 19 heavy (non-hydrogen) atoms. The molecule has 1 atom stereocenters. The third kappa shape index (κ3) is 5.30. The largest absolute Gasteiger partial charge is 0.465 e. The Morgan fingerprint density at radius 3 is 2.84 bits per heavy atom. The molecule has 0 aromatic heterocycles. The average Bonchev–Trinajstić information content (AvgIpc) is 2.43. The van der Waals surface area contributed by atoms with Crippen LogP contribution in [0.3, 0.4) is 0 Å². The molecule has 0 saturated heterocycles. The van der Waals surface area contributed by atoms with Crippen LogP contribution in [0.2, 0.25) is 0 Å². The van der Waals surface area contributed by atoms with Crippen molar-refractivity contribution in [3.63, 3.8) is 0 Å². The van der Waals surface area contributed by atoms with E-state index in [0.29, 0.717) is 12.1 Å². The Kier molecular flexibility index (Phi) is 7.05. The number of benzene rings is 1. The maximum atomic E-state index is 11.4. The molecule has 0 spiro atoms. The molecule has 0 aliphatic heterocycles. The molecule has 0 fully saturated rings. The zero-order chi connectivity index (χ0) is 14.3. The highest BCUT2D eigenvalue weighted by Gasteiger charge is 2.08. The van der Waals surface area contributed by atoms with E-state index in [4.69, 9.17) is 0 Å². The molecular formula is C14H20BrNO3. The van der Waals surface area contributed by atoms with Crippen molar-refractivity contribution in [1.29, 1.82) is 0 Å². The van der Waals surface area contributed by atoms with Crippen LogP contribution < -0.4 is 5.32 Å². The number of nitrogens with one attached hydrogen (secondary N) is 1. The Morgan fingerprint density at radius 2 is 2.26 bits per heavy atom. The lowest BCUT2D eigenvalue weighted by molar-refractivity contribution is 0.0600. The van der Waals surface area contributed by atoms with E-state index in [9.17, 15) is 9.90 Å². The number of hydrogen-bond acceptors (Lipinski definition) is 4. The maximum Gasteiger partial charge on any atom is 0.337 e. The number of methoxy groups -OCH3 is 1. The molecule has 0 radical (unpaired) electrons. The van der Waals surface area contributed by atoms with E-state index in [1.165, 1.54) is 7.11 Å². The van der Waals surface area contributed by atoms with Crippen LogP contribution in [0.4, 0.5) is 0 Å². The number of aliphatic hydroxyl groups is 1. The summed E-state index contributed by atoms with van der Waals surface area (Å²) in [6.07, 6.45) is 1.28. The van der Waals surface area contributed by atoms with E-state index in [0.717, 1.165) is 29.4 Å². The second kappa shape index (κ2) is 8.30. The van der Waals surface area contributed by atoms with Gasteiger partial charge in [0, 0.05) is 11.0 Å². The monoisotopic (exact) mass is 329 g/mol. The van der Waals surface area contributed by atoms with E-state index >= 15 is 0 Å². The first-order valence-corrected chi connectivity index (χ1v) is 7.13.